The van der Waals surface area contributed by atoms with Gasteiger partial charge in [0.15, 0.2) is 0 Å². The second kappa shape index (κ2) is 16.6. The molecule has 13 rings (SSSR count). The average Bonchev–Trinajstić information content (AvgIpc) is 3.42. The van der Waals surface area contributed by atoms with E-state index in [1.165, 1.54) is 21.9 Å². The van der Waals surface area contributed by atoms with Crippen molar-refractivity contribution < 1.29 is 8.78 Å². The quantitative estimate of drug-likeness (QED) is 0.111. The van der Waals surface area contributed by atoms with E-state index in [0.717, 1.165) is 79.3 Å². The second-order valence-electron chi connectivity index (χ2n) is 18.4. The Morgan fingerprint density at radius 2 is 0.600 bits per heavy atom. The second-order valence-corrected chi connectivity index (χ2v) is 18.4. The molecule has 4 heteroatoms. The summed E-state index contributed by atoms with van der Waals surface area (Å²) in [6, 6.07) is 75.2. The fraction of sp³-hybridized carbons (Fsp3) is 0.0606. The molecule has 0 aliphatic carbocycles. The first kappa shape index (κ1) is 41.6. The summed E-state index contributed by atoms with van der Waals surface area (Å²) in [5.41, 5.74) is 8.47. The van der Waals surface area contributed by atoms with Crippen molar-refractivity contribution in [3.8, 4) is 0 Å². The Morgan fingerprint density at radius 1 is 0.286 bits per heavy atom. The molecule has 0 aliphatic rings. The number of para-hydroxylation sites is 2. The van der Waals surface area contributed by atoms with E-state index in [2.05, 4.69) is 169 Å². The predicted molar refractivity (Wildman–Crippen MR) is 295 cm³/mol. The van der Waals surface area contributed by atoms with Crippen molar-refractivity contribution in [2.45, 2.75) is 26.7 Å². The van der Waals surface area contributed by atoms with Gasteiger partial charge in [0.2, 0.25) is 0 Å². The van der Waals surface area contributed by atoms with Crippen LogP contribution in [0.5, 0.6) is 0 Å². The van der Waals surface area contributed by atoms with E-state index >= 15 is 8.78 Å². The van der Waals surface area contributed by atoms with E-state index in [1.54, 1.807) is 0 Å². The maximum absolute atomic E-state index is 18.5. The molecule has 0 unspecified atom stereocenters. The van der Waals surface area contributed by atoms with Gasteiger partial charge in [0.05, 0.1) is 0 Å². The molecule has 0 N–H and O–H groups in total. The zero-order valence-corrected chi connectivity index (χ0v) is 38.8. The monoisotopic (exact) mass is 904 g/mol. The Bertz CT molecular complexity index is 3970. The summed E-state index contributed by atoms with van der Waals surface area (Å²) in [6.07, 6.45) is 1.67. The molecule has 0 heterocycles. The summed E-state index contributed by atoms with van der Waals surface area (Å²) >= 11 is 0. The van der Waals surface area contributed by atoms with Gasteiger partial charge in [-0.15, -0.1) is 0 Å². The molecule has 0 aliphatic heterocycles. The highest BCUT2D eigenvalue weighted by Gasteiger charge is 2.26. The third-order valence-corrected chi connectivity index (χ3v) is 14.6. The van der Waals surface area contributed by atoms with Crippen LogP contribution in [-0.4, -0.2) is 0 Å². The molecule has 70 heavy (non-hydrogen) atoms. The molecule has 0 bridgehead atoms. The van der Waals surface area contributed by atoms with Gasteiger partial charge in [-0.25, -0.2) is 8.78 Å². The van der Waals surface area contributed by atoms with E-state index < -0.39 is 11.6 Å². The van der Waals surface area contributed by atoms with Crippen molar-refractivity contribution in [1.82, 2.24) is 0 Å². The fourth-order valence-electron chi connectivity index (χ4n) is 11.3. The average molecular weight is 905 g/mol. The van der Waals surface area contributed by atoms with Crippen LogP contribution in [0.1, 0.15) is 25.0 Å². The van der Waals surface area contributed by atoms with Gasteiger partial charge in [-0.05, 0) is 161 Å². The molecule has 0 atom stereocenters. The smallest absolute Gasteiger partial charge is 0.140 e. The molecule has 13 aromatic rings. The lowest BCUT2D eigenvalue weighted by Crippen LogP contribution is -2.12. The summed E-state index contributed by atoms with van der Waals surface area (Å²) in [4.78, 5) is 4.60. The fourth-order valence-corrected chi connectivity index (χ4v) is 11.3. The van der Waals surface area contributed by atoms with Crippen molar-refractivity contribution in [1.29, 1.82) is 0 Å². The topological polar surface area (TPSA) is 6.48 Å². The molecule has 0 fully saturated rings. The Hall–Kier alpha value is -8.60. The van der Waals surface area contributed by atoms with Crippen molar-refractivity contribution in [2.24, 2.45) is 0 Å². The molecule has 0 radical (unpaired) electrons. The minimum Gasteiger partial charge on any atom is -0.310 e. The molecule has 0 saturated heterocycles. The van der Waals surface area contributed by atoms with Gasteiger partial charge in [0.1, 0.15) is 11.6 Å². The number of nitrogens with zero attached hydrogens (tertiary/aromatic N) is 2. The summed E-state index contributed by atoms with van der Waals surface area (Å²) in [5.74, 6) is -0.844. The number of hydrogen-bond donors (Lipinski definition) is 0. The molecule has 0 saturated carbocycles. The third-order valence-electron chi connectivity index (χ3n) is 14.6. The van der Waals surface area contributed by atoms with Gasteiger partial charge in [0.25, 0.3) is 0 Å². The highest BCUT2D eigenvalue weighted by atomic mass is 19.1. The minimum atomic E-state index is -0.422. The maximum atomic E-state index is 18.5. The Morgan fingerprint density at radius 3 is 0.971 bits per heavy atom. The summed E-state index contributed by atoms with van der Waals surface area (Å²) < 4.78 is 36.9. The van der Waals surface area contributed by atoms with Gasteiger partial charge >= 0.3 is 0 Å². The number of rotatable bonds is 8. The van der Waals surface area contributed by atoms with Gasteiger partial charge in [-0.1, -0.05) is 159 Å². The number of halogens is 2. The Labute approximate surface area is 404 Å². The van der Waals surface area contributed by atoms with Gasteiger partial charge in [-0.3, -0.25) is 0 Å². The standard InChI is InChI=1S/C66H46F2N2/c1-3-41-35-43-19-11-13-21-45(43)37-59(41)69(47-23-7-5-8-24-47)49-31-33-55-57(39-49)51-27-15-17-29-53(51)61-63(55)65(67)62-54-30-18-16-28-52(54)58-40-50(32-34-56(58)64(62)66(61)68)70(48-25-9-6-10-26-48)60-38-46-22-14-12-20-44(46)36-42(60)4-2/h5-40H,3-4H2,1-2H3. The maximum Gasteiger partial charge on any atom is 0.140 e. The summed E-state index contributed by atoms with van der Waals surface area (Å²) in [6.45, 7) is 4.38. The van der Waals surface area contributed by atoms with Crippen LogP contribution in [0.25, 0.3) is 86.2 Å². The van der Waals surface area contributed by atoms with E-state index in [-0.39, 0.29) is 10.8 Å². The largest absolute Gasteiger partial charge is 0.310 e. The minimum absolute atomic E-state index is 0.288. The van der Waals surface area contributed by atoms with Crippen molar-refractivity contribution in [3.63, 3.8) is 0 Å². The number of aryl methyl sites for hydroxylation is 2. The van der Waals surface area contributed by atoms with Crippen LogP contribution in [0, 0.1) is 11.6 Å². The molecule has 0 aromatic heterocycles. The first-order valence-electron chi connectivity index (χ1n) is 24.3. The molecule has 0 spiro atoms. The Balaban J connectivity index is 1.08. The third kappa shape index (κ3) is 6.44. The first-order valence-corrected chi connectivity index (χ1v) is 24.3. The predicted octanol–water partition coefficient (Wildman–Crippen LogP) is 19.3. The van der Waals surface area contributed by atoms with E-state index in [9.17, 15) is 0 Å². The SMILES string of the molecule is CCc1cc2ccccc2cc1N(c1ccccc1)c1ccc2c(c1)c1ccccc1c1c(F)c3c4ccc(N(c5ccccc5)c5cc6ccccc6cc5CC)cc4c4ccccc4c3c(F)c21. The van der Waals surface area contributed by atoms with E-state index in [4.69, 9.17) is 0 Å². The first-order chi connectivity index (χ1) is 34.5. The van der Waals surface area contributed by atoms with Crippen LogP contribution in [0.4, 0.5) is 42.9 Å². The van der Waals surface area contributed by atoms with Crippen LogP contribution in [0.15, 0.2) is 218 Å². The van der Waals surface area contributed by atoms with Crippen LogP contribution in [-0.2, 0) is 12.8 Å². The van der Waals surface area contributed by atoms with Gasteiger partial charge in [0, 0.05) is 55.7 Å². The number of hydrogen-bond acceptors (Lipinski definition) is 2. The molecule has 0 amide bonds. The van der Waals surface area contributed by atoms with Crippen LogP contribution in [0.2, 0.25) is 0 Å². The summed E-state index contributed by atoms with van der Waals surface area (Å²) in [7, 11) is 0. The molecule has 334 valence electrons. The zero-order chi connectivity index (χ0) is 47.0. The van der Waals surface area contributed by atoms with E-state index in [0.29, 0.717) is 32.3 Å². The normalized spacial score (nSPS) is 11.8. The summed E-state index contributed by atoms with van der Waals surface area (Å²) in [5, 5.41) is 11.9. The lowest BCUT2D eigenvalue weighted by atomic mass is 9.87. The highest BCUT2D eigenvalue weighted by molar-refractivity contribution is 6.34. The van der Waals surface area contributed by atoms with Crippen LogP contribution in [0.3, 0.4) is 0 Å². The van der Waals surface area contributed by atoms with Crippen molar-refractivity contribution >= 4 is 120 Å². The zero-order valence-electron chi connectivity index (χ0n) is 38.8. The lowest BCUT2D eigenvalue weighted by Gasteiger charge is -2.29. The number of fused-ring (bicyclic) bond motifs is 14. The van der Waals surface area contributed by atoms with Gasteiger partial charge < -0.3 is 9.80 Å². The van der Waals surface area contributed by atoms with Gasteiger partial charge in [-0.2, -0.15) is 0 Å². The van der Waals surface area contributed by atoms with Crippen molar-refractivity contribution in [3.05, 3.63) is 241 Å². The molecule has 2 nitrogen and oxygen atoms in total. The lowest BCUT2D eigenvalue weighted by molar-refractivity contribution is 0.637. The highest BCUT2D eigenvalue weighted by Crippen LogP contribution is 2.49. The van der Waals surface area contributed by atoms with Crippen LogP contribution < -0.4 is 9.80 Å². The van der Waals surface area contributed by atoms with E-state index in [1.807, 2.05) is 72.8 Å². The Kier molecular flexibility index (Phi) is 9.84. The van der Waals surface area contributed by atoms with Crippen LogP contribution >= 0.6 is 0 Å². The number of benzene rings is 13. The number of anilines is 6. The van der Waals surface area contributed by atoms with Crippen molar-refractivity contribution in [2.75, 3.05) is 9.80 Å². The molecular formula is C66H46F2N2. The molecule has 13 aromatic carbocycles. The molecular weight excluding hydrogens is 859 g/mol.